The Labute approximate surface area is 184 Å². The average molecular weight is 316 g/mol. The molecule has 0 saturated heterocycles. The zero-order valence-corrected chi connectivity index (χ0v) is 7.46. The minimum atomic E-state index is -4.61. The standard InChI is InChI=1S/Al.Ca.K.Na.H4O4Si.H2O.Zn.7H/c;;;;1-5(2,3)4;;;;;;;;;/h;;;;1-4H;1H2;;;;;;;;. The van der Waals surface area contributed by atoms with Crippen LogP contribution in [0.1, 0.15) is 0 Å². The summed E-state index contributed by atoms with van der Waals surface area (Å²) in [6, 6.07) is 0. The molecule has 0 bridgehead atoms. The van der Waals surface area contributed by atoms with E-state index >= 15 is 0 Å². The van der Waals surface area contributed by atoms with Crippen LogP contribution in [0.2, 0.25) is 0 Å². The van der Waals surface area contributed by atoms with Crippen molar-refractivity contribution in [1.82, 2.24) is 0 Å². The van der Waals surface area contributed by atoms with Crippen LogP contribution in [0.25, 0.3) is 0 Å². The van der Waals surface area contributed by atoms with Gasteiger partial charge in [0.05, 0.1) is 0 Å². The molecule has 5 nitrogen and oxygen atoms in total. The summed E-state index contributed by atoms with van der Waals surface area (Å²) in [5, 5.41) is 0. The monoisotopic (exact) mass is 314 g/mol. The smallest absolute Gasteiger partial charge is 0 e. The maximum absolute atomic E-state index is 7.33. The first kappa shape index (κ1) is 44.4. The van der Waals surface area contributed by atoms with Crippen LogP contribution in [0.5, 0.6) is 0 Å². The molecular formula is H13AlCaKNaO5SiZn. The Morgan fingerprint density at radius 3 is 0.909 bits per heavy atom. The first-order valence-electron chi connectivity index (χ1n) is 0.894. The minimum Gasteiger partial charge on any atom is 0 e. The number of rotatable bonds is 0. The van der Waals surface area contributed by atoms with Gasteiger partial charge in [-0.2, -0.15) is 0 Å². The summed E-state index contributed by atoms with van der Waals surface area (Å²) < 4.78 is 0. The third kappa shape index (κ3) is 100. The molecule has 0 heterocycles. The first-order chi connectivity index (χ1) is 2.00. The summed E-state index contributed by atoms with van der Waals surface area (Å²) in [5.74, 6) is 0. The van der Waals surface area contributed by atoms with Gasteiger partial charge in [-0.25, -0.2) is 0 Å². The van der Waals surface area contributed by atoms with E-state index in [1.54, 1.807) is 0 Å². The summed E-state index contributed by atoms with van der Waals surface area (Å²) >= 11 is 0. The van der Waals surface area contributed by atoms with Crippen molar-refractivity contribution in [2.24, 2.45) is 0 Å². The van der Waals surface area contributed by atoms with Gasteiger partial charge in [-0.05, 0) is 0 Å². The molecule has 0 unspecified atom stereocenters. The summed E-state index contributed by atoms with van der Waals surface area (Å²) in [7, 11) is -4.61. The van der Waals surface area contributed by atoms with Gasteiger partial charge in [-0.1, -0.05) is 0 Å². The van der Waals surface area contributed by atoms with Crippen molar-refractivity contribution in [2.45, 2.75) is 0 Å². The van der Waals surface area contributed by atoms with Crippen LogP contribution in [0, 0.1) is 0 Å². The molecule has 6 N–H and O–H groups in total. The Hall–Kier alpha value is 5.07. The van der Waals surface area contributed by atoms with Crippen molar-refractivity contribution >= 4 is 145 Å². The van der Waals surface area contributed by atoms with Crippen molar-refractivity contribution in [3.63, 3.8) is 0 Å². The SMILES string of the molecule is O.O[Si](O)(O)O.[AlH3].[CaH2].[KH].[NaH].[Zn]. The quantitative estimate of drug-likeness (QED) is 0.333. The van der Waals surface area contributed by atoms with E-state index in [4.69, 9.17) is 19.2 Å². The topological polar surface area (TPSA) is 112 Å². The normalized spacial score (nSPS) is 5.45. The Morgan fingerprint density at radius 1 is 0.909 bits per heavy atom. The fourth-order valence-corrected chi connectivity index (χ4v) is 0. The van der Waals surface area contributed by atoms with Gasteiger partial charge < -0.3 is 24.7 Å². The van der Waals surface area contributed by atoms with Crippen LogP contribution >= 0.6 is 0 Å². The molecule has 0 fully saturated rings. The number of hydrogen-bond acceptors (Lipinski definition) is 4. The molecule has 11 heavy (non-hydrogen) atoms. The van der Waals surface area contributed by atoms with Gasteiger partial charge >= 0.3 is 128 Å². The van der Waals surface area contributed by atoms with Gasteiger partial charge in [0, 0.05) is 19.5 Å². The molecule has 0 aromatic carbocycles. The second kappa shape index (κ2) is 24.3. The summed E-state index contributed by atoms with van der Waals surface area (Å²) in [5.41, 5.74) is 0. The average Bonchev–Trinajstić information content (AvgIpc) is 0.722. The molecular weight excluding hydrogens is 303 g/mol. The van der Waals surface area contributed by atoms with E-state index in [1.165, 1.54) is 0 Å². The van der Waals surface area contributed by atoms with Crippen LogP contribution in [0.15, 0.2) is 0 Å². The largest absolute Gasteiger partial charge is 0 e. The summed E-state index contributed by atoms with van der Waals surface area (Å²) in [6.45, 7) is 0. The van der Waals surface area contributed by atoms with E-state index in [-0.39, 0.29) is 161 Å². The first-order valence-corrected chi connectivity index (χ1v) is 2.68. The van der Waals surface area contributed by atoms with Crippen LogP contribution in [-0.2, 0) is 19.5 Å². The maximum Gasteiger partial charge on any atom is 0 e. The summed E-state index contributed by atoms with van der Waals surface area (Å²) in [6.07, 6.45) is 0. The molecule has 0 aromatic heterocycles. The zero-order valence-electron chi connectivity index (χ0n) is 3.50. The van der Waals surface area contributed by atoms with Gasteiger partial charge in [0.25, 0.3) is 0 Å². The Kier molecular flexibility index (Phi) is 98.2. The van der Waals surface area contributed by atoms with E-state index in [2.05, 4.69) is 0 Å². The van der Waals surface area contributed by atoms with Gasteiger partial charge in [-0.3, -0.25) is 0 Å². The third-order valence-corrected chi connectivity index (χ3v) is 0. The van der Waals surface area contributed by atoms with E-state index in [1.807, 2.05) is 0 Å². The molecule has 0 spiro atoms. The predicted octanol–water partition coefficient (Wildman–Crippen LogP) is -6.83. The fraction of sp³-hybridized carbons (Fsp3) is 0. The van der Waals surface area contributed by atoms with Crippen LogP contribution in [0.3, 0.4) is 0 Å². The predicted molar refractivity (Wildman–Crippen MR) is 51.0 cm³/mol. The van der Waals surface area contributed by atoms with Crippen molar-refractivity contribution < 1.29 is 44.1 Å². The molecule has 56 valence electrons. The van der Waals surface area contributed by atoms with Crippen molar-refractivity contribution in [3.8, 4) is 0 Å². The minimum absolute atomic E-state index is 0. The third-order valence-electron chi connectivity index (χ3n) is 0. The molecule has 0 amide bonds. The molecule has 11 heteroatoms. The molecule has 0 aliphatic heterocycles. The fourth-order valence-electron chi connectivity index (χ4n) is 0. The van der Waals surface area contributed by atoms with E-state index in [9.17, 15) is 0 Å². The van der Waals surface area contributed by atoms with Crippen LogP contribution in [-0.4, -0.2) is 170 Å². The number of hydrogen-bond donors (Lipinski definition) is 4. The van der Waals surface area contributed by atoms with Gasteiger partial charge in [0.2, 0.25) is 0 Å². The van der Waals surface area contributed by atoms with Gasteiger partial charge in [0.1, 0.15) is 0 Å². The zero-order chi connectivity index (χ0) is 4.50. The molecule has 0 aliphatic rings. The Balaban J connectivity index is -0.00000000533. The van der Waals surface area contributed by atoms with E-state index < -0.39 is 9.05 Å². The van der Waals surface area contributed by atoms with Crippen molar-refractivity contribution in [3.05, 3.63) is 0 Å². The Morgan fingerprint density at radius 2 is 0.909 bits per heavy atom. The van der Waals surface area contributed by atoms with E-state index in [0.717, 1.165) is 0 Å². The Bertz CT molecular complexity index is 42.0. The van der Waals surface area contributed by atoms with Gasteiger partial charge in [0.15, 0.2) is 17.4 Å². The van der Waals surface area contributed by atoms with Crippen molar-refractivity contribution in [1.29, 1.82) is 0 Å². The second-order valence-electron chi connectivity index (χ2n) is 0.600. The molecule has 0 radical (unpaired) electrons. The molecule has 0 rings (SSSR count). The summed E-state index contributed by atoms with van der Waals surface area (Å²) in [4.78, 5) is 29.3. The van der Waals surface area contributed by atoms with Crippen LogP contribution < -0.4 is 0 Å². The maximum atomic E-state index is 7.33. The molecule has 0 aliphatic carbocycles. The van der Waals surface area contributed by atoms with Crippen LogP contribution in [0.4, 0.5) is 0 Å². The molecule has 0 aromatic rings. The van der Waals surface area contributed by atoms with Gasteiger partial charge in [-0.15, -0.1) is 0 Å². The molecule has 0 saturated carbocycles. The van der Waals surface area contributed by atoms with Crippen molar-refractivity contribution in [2.75, 3.05) is 0 Å². The molecule has 0 atom stereocenters. The van der Waals surface area contributed by atoms with E-state index in [0.29, 0.717) is 0 Å². The second-order valence-corrected chi connectivity index (χ2v) is 1.80.